The minimum absolute atomic E-state index is 0.439. The molecule has 0 amide bonds. The van der Waals surface area contributed by atoms with Gasteiger partial charge in [-0.3, -0.25) is 0 Å². The summed E-state index contributed by atoms with van der Waals surface area (Å²) < 4.78 is 15.9. The molecule has 1 aromatic rings. The van der Waals surface area contributed by atoms with E-state index in [4.69, 9.17) is 0 Å². The maximum atomic E-state index is 14.0. The van der Waals surface area contributed by atoms with E-state index in [0.29, 0.717) is 19.4 Å². The highest BCUT2D eigenvalue weighted by Crippen LogP contribution is 2.24. The van der Waals surface area contributed by atoms with Crippen molar-refractivity contribution in [1.29, 1.82) is 0 Å². The van der Waals surface area contributed by atoms with Crippen molar-refractivity contribution in [3.63, 3.8) is 0 Å². The lowest BCUT2D eigenvalue weighted by atomic mass is 9.94. The Morgan fingerprint density at radius 2 is 2.23 bits per heavy atom. The van der Waals surface area contributed by atoms with E-state index >= 15 is 0 Å². The first kappa shape index (κ1) is 8.69. The summed E-state index contributed by atoms with van der Waals surface area (Å²) in [4.78, 5) is 3.90. The largest absolute Gasteiger partial charge is 0.334 e. The number of hydrogen-bond donors (Lipinski definition) is 1. The van der Waals surface area contributed by atoms with Crippen molar-refractivity contribution in [3.8, 4) is 0 Å². The number of piperidine rings is 1. The van der Waals surface area contributed by atoms with Gasteiger partial charge in [0.2, 0.25) is 0 Å². The van der Waals surface area contributed by atoms with Crippen LogP contribution in [0, 0.1) is 0 Å². The minimum atomic E-state index is -1.04. The quantitative estimate of drug-likeness (QED) is 0.740. The molecule has 0 saturated carbocycles. The van der Waals surface area contributed by atoms with Gasteiger partial charge in [-0.1, -0.05) is 0 Å². The van der Waals surface area contributed by atoms with Crippen LogP contribution >= 0.6 is 0 Å². The molecule has 2 heterocycles. The molecular formula is C9H14FN3. The van der Waals surface area contributed by atoms with E-state index in [1.807, 2.05) is 10.8 Å². The Bertz CT molecular complexity index is 252. The molecule has 1 aliphatic heterocycles. The van der Waals surface area contributed by atoms with Gasteiger partial charge < -0.3 is 9.88 Å². The normalized spacial score (nSPS) is 21.6. The monoisotopic (exact) mass is 183 g/mol. The van der Waals surface area contributed by atoms with E-state index in [1.165, 1.54) is 0 Å². The highest BCUT2D eigenvalue weighted by molar-refractivity contribution is 4.87. The Labute approximate surface area is 77.0 Å². The van der Waals surface area contributed by atoms with Gasteiger partial charge in [0.1, 0.15) is 5.67 Å². The van der Waals surface area contributed by atoms with Crippen LogP contribution in [0.2, 0.25) is 0 Å². The molecule has 2 rings (SSSR count). The molecule has 0 spiro atoms. The minimum Gasteiger partial charge on any atom is -0.334 e. The molecule has 3 nitrogen and oxygen atoms in total. The number of rotatable bonds is 2. The van der Waals surface area contributed by atoms with Crippen LogP contribution in [0.15, 0.2) is 18.7 Å². The number of hydrogen-bond acceptors (Lipinski definition) is 2. The number of alkyl halides is 1. The zero-order valence-electron chi connectivity index (χ0n) is 7.54. The van der Waals surface area contributed by atoms with E-state index in [2.05, 4.69) is 10.3 Å². The Kier molecular flexibility index (Phi) is 2.31. The van der Waals surface area contributed by atoms with Crippen LogP contribution in [0.5, 0.6) is 0 Å². The maximum absolute atomic E-state index is 14.0. The maximum Gasteiger partial charge on any atom is 0.131 e. The van der Waals surface area contributed by atoms with Crippen molar-refractivity contribution in [2.75, 3.05) is 13.1 Å². The Morgan fingerprint density at radius 3 is 2.85 bits per heavy atom. The highest BCUT2D eigenvalue weighted by atomic mass is 19.1. The molecule has 0 aromatic carbocycles. The summed E-state index contributed by atoms with van der Waals surface area (Å²) >= 11 is 0. The fourth-order valence-electron chi connectivity index (χ4n) is 1.74. The van der Waals surface area contributed by atoms with Crippen LogP contribution in [0.1, 0.15) is 12.8 Å². The second-order valence-electron chi connectivity index (χ2n) is 3.64. The lowest BCUT2D eigenvalue weighted by Crippen LogP contribution is -2.41. The van der Waals surface area contributed by atoms with Crippen LogP contribution in [0.25, 0.3) is 0 Å². The zero-order valence-corrected chi connectivity index (χ0v) is 7.54. The molecule has 1 fully saturated rings. The van der Waals surface area contributed by atoms with Crippen LogP contribution in [-0.4, -0.2) is 28.3 Å². The first-order chi connectivity index (χ1) is 6.29. The third-order valence-corrected chi connectivity index (χ3v) is 2.52. The lowest BCUT2D eigenvalue weighted by Gasteiger charge is -2.30. The molecule has 1 N–H and O–H groups in total. The summed E-state index contributed by atoms with van der Waals surface area (Å²) in [5, 5.41) is 3.15. The van der Waals surface area contributed by atoms with Crippen molar-refractivity contribution < 1.29 is 4.39 Å². The fourth-order valence-corrected chi connectivity index (χ4v) is 1.74. The van der Waals surface area contributed by atoms with Gasteiger partial charge in [-0.05, 0) is 25.9 Å². The first-order valence-electron chi connectivity index (χ1n) is 4.64. The molecule has 72 valence electrons. The van der Waals surface area contributed by atoms with E-state index in [-0.39, 0.29) is 0 Å². The second kappa shape index (κ2) is 3.46. The van der Waals surface area contributed by atoms with Crippen molar-refractivity contribution in [2.45, 2.75) is 25.1 Å². The SMILES string of the molecule is FC1(Cn2ccnc2)CCNCC1. The van der Waals surface area contributed by atoms with Gasteiger partial charge in [-0.2, -0.15) is 0 Å². The van der Waals surface area contributed by atoms with Crippen LogP contribution in [0.4, 0.5) is 4.39 Å². The molecular weight excluding hydrogens is 169 g/mol. The molecule has 1 saturated heterocycles. The van der Waals surface area contributed by atoms with Crippen LogP contribution in [-0.2, 0) is 6.54 Å². The average molecular weight is 183 g/mol. The molecule has 13 heavy (non-hydrogen) atoms. The third kappa shape index (κ3) is 2.06. The summed E-state index contributed by atoms with van der Waals surface area (Å²) in [6.45, 7) is 2.01. The molecule has 1 aromatic heterocycles. The standard InChI is InChI=1S/C9H14FN3/c10-9(1-3-11-4-2-9)7-13-6-5-12-8-13/h5-6,8,11H,1-4,7H2. The Hall–Kier alpha value is -0.900. The Morgan fingerprint density at radius 1 is 1.46 bits per heavy atom. The van der Waals surface area contributed by atoms with Crippen LogP contribution in [0.3, 0.4) is 0 Å². The van der Waals surface area contributed by atoms with Crippen molar-refractivity contribution in [1.82, 2.24) is 14.9 Å². The van der Waals surface area contributed by atoms with Crippen LogP contribution < -0.4 is 5.32 Å². The molecule has 1 aliphatic rings. The molecule has 0 bridgehead atoms. The summed E-state index contributed by atoms with van der Waals surface area (Å²) in [6.07, 6.45) is 6.37. The number of imidazole rings is 1. The van der Waals surface area contributed by atoms with E-state index in [0.717, 1.165) is 13.1 Å². The molecule has 0 radical (unpaired) electrons. The zero-order chi connectivity index (χ0) is 9.15. The van der Waals surface area contributed by atoms with Gasteiger partial charge in [-0.25, -0.2) is 9.37 Å². The van der Waals surface area contributed by atoms with Gasteiger partial charge in [0.15, 0.2) is 0 Å². The smallest absolute Gasteiger partial charge is 0.131 e. The van der Waals surface area contributed by atoms with E-state index in [1.54, 1.807) is 12.5 Å². The lowest BCUT2D eigenvalue weighted by molar-refractivity contribution is 0.0939. The number of nitrogens with zero attached hydrogens (tertiary/aromatic N) is 2. The predicted molar refractivity (Wildman–Crippen MR) is 48.2 cm³/mol. The predicted octanol–water partition coefficient (Wildman–Crippen LogP) is 0.975. The second-order valence-corrected chi connectivity index (χ2v) is 3.64. The molecule has 0 aliphatic carbocycles. The van der Waals surface area contributed by atoms with Gasteiger partial charge in [0.25, 0.3) is 0 Å². The fraction of sp³-hybridized carbons (Fsp3) is 0.667. The Balaban J connectivity index is 1.99. The third-order valence-electron chi connectivity index (χ3n) is 2.52. The van der Waals surface area contributed by atoms with Crippen molar-refractivity contribution >= 4 is 0 Å². The summed E-state index contributed by atoms with van der Waals surface area (Å²) in [5.74, 6) is 0. The van der Waals surface area contributed by atoms with Crippen molar-refractivity contribution in [2.24, 2.45) is 0 Å². The number of aromatic nitrogens is 2. The first-order valence-corrected chi connectivity index (χ1v) is 4.64. The van der Waals surface area contributed by atoms with Crippen molar-refractivity contribution in [3.05, 3.63) is 18.7 Å². The number of nitrogens with one attached hydrogen (secondary N) is 1. The number of halogens is 1. The molecule has 4 heteroatoms. The summed E-state index contributed by atoms with van der Waals surface area (Å²) in [5.41, 5.74) is -1.04. The molecule has 0 atom stereocenters. The van der Waals surface area contributed by atoms with E-state index in [9.17, 15) is 4.39 Å². The van der Waals surface area contributed by atoms with Gasteiger partial charge in [0, 0.05) is 12.4 Å². The molecule has 0 unspecified atom stereocenters. The van der Waals surface area contributed by atoms with Gasteiger partial charge in [-0.15, -0.1) is 0 Å². The van der Waals surface area contributed by atoms with Gasteiger partial charge >= 0.3 is 0 Å². The average Bonchev–Trinajstić information content (AvgIpc) is 2.57. The van der Waals surface area contributed by atoms with E-state index < -0.39 is 5.67 Å². The summed E-state index contributed by atoms with van der Waals surface area (Å²) in [7, 11) is 0. The highest BCUT2D eigenvalue weighted by Gasteiger charge is 2.31. The van der Waals surface area contributed by atoms with Gasteiger partial charge in [0.05, 0.1) is 12.9 Å². The topological polar surface area (TPSA) is 29.9 Å². The summed E-state index contributed by atoms with van der Waals surface area (Å²) in [6, 6.07) is 0.